The molecule has 0 unspecified atom stereocenters. The molecule has 4 rings (SSSR count). The van der Waals surface area contributed by atoms with Crippen molar-refractivity contribution in [3.8, 4) is 23.7 Å². The van der Waals surface area contributed by atoms with E-state index in [-0.39, 0.29) is 11.8 Å². The molecule has 0 aliphatic carbocycles. The summed E-state index contributed by atoms with van der Waals surface area (Å²) >= 11 is 0. The number of esters is 2. The summed E-state index contributed by atoms with van der Waals surface area (Å²) in [6.07, 6.45) is -1.67. The van der Waals surface area contributed by atoms with Crippen LogP contribution in [0.4, 0.5) is 0 Å². The minimum absolute atomic E-state index is 0.0347. The van der Waals surface area contributed by atoms with Gasteiger partial charge < -0.3 is 30.3 Å². The van der Waals surface area contributed by atoms with Crippen LogP contribution in [0.5, 0.6) is 0 Å². The lowest BCUT2D eigenvalue weighted by Gasteiger charge is -2.18. The fraction of sp³-hybridized carbons (Fsp3) is 0.238. The first-order chi connectivity index (χ1) is 24.9. The number of hydrogen-bond acceptors (Lipinski definition) is 9. The average molecular weight is 705 g/mol. The number of nitrogens with one attached hydrogen (secondary N) is 2. The summed E-state index contributed by atoms with van der Waals surface area (Å²) in [5.41, 5.74) is 4.39. The maximum atomic E-state index is 12.2. The maximum absolute atomic E-state index is 12.2. The van der Waals surface area contributed by atoms with E-state index in [9.17, 15) is 24.3 Å². The van der Waals surface area contributed by atoms with Gasteiger partial charge in [-0.3, -0.25) is 9.59 Å². The second-order valence-corrected chi connectivity index (χ2v) is 11.2. The van der Waals surface area contributed by atoms with E-state index in [4.69, 9.17) is 5.11 Å². The van der Waals surface area contributed by atoms with E-state index in [1.54, 1.807) is 50.4 Å². The van der Waals surface area contributed by atoms with Gasteiger partial charge in [-0.05, 0) is 101 Å². The molecule has 4 aromatic rings. The number of ketones is 1. The Labute approximate surface area is 305 Å². The standard InChI is InChI=1S/C20H19NO4.C16H12O2.C6H13NO2/c1-14(22)18(20(24)25-2)21-19(23)17-12-10-16(11-13-17)9-8-15-6-4-3-5-7-15;1-18-16(17)15-11-9-14(10-12-15)8-7-13-5-3-2-4-6-13;1-4(8)6(7-3)5(2)9/h3-7,10-14,18,22H,1-2H3,(H,21,23);2-6,9-12H,1H3;4,6-8H,1-3H3/t14-,18+;;4-,6+/m1.1/s1. The fourth-order valence-corrected chi connectivity index (χ4v) is 4.36. The van der Waals surface area contributed by atoms with Gasteiger partial charge in [0.05, 0.1) is 38.0 Å². The lowest BCUT2D eigenvalue weighted by molar-refractivity contribution is -0.145. The number of benzene rings is 4. The van der Waals surface area contributed by atoms with Gasteiger partial charge in [0, 0.05) is 27.8 Å². The Morgan fingerprint density at radius 1 is 0.577 bits per heavy atom. The molecule has 0 fully saturated rings. The Balaban J connectivity index is 0.000000302. The minimum Gasteiger partial charge on any atom is -0.467 e. The highest BCUT2D eigenvalue weighted by Crippen LogP contribution is 2.07. The predicted molar refractivity (Wildman–Crippen MR) is 199 cm³/mol. The molecule has 4 aromatic carbocycles. The molecule has 0 saturated heterocycles. The van der Waals surface area contributed by atoms with E-state index in [0.29, 0.717) is 11.1 Å². The van der Waals surface area contributed by atoms with Crippen LogP contribution in [0.2, 0.25) is 0 Å². The number of hydrogen-bond donors (Lipinski definition) is 4. The van der Waals surface area contributed by atoms with Gasteiger partial charge in [0.15, 0.2) is 6.04 Å². The largest absolute Gasteiger partial charge is 0.467 e. The first-order valence-corrected chi connectivity index (χ1v) is 16.2. The first-order valence-electron chi connectivity index (χ1n) is 16.2. The van der Waals surface area contributed by atoms with Gasteiger partial charge in [0.25, 0.3) is 5.91 Å². The van der Waals surface area contributed by atoms with Gasteiger partial charge in [-0.1, -0.05) is 60.1 Å². The normalized spacial score (nSPS) is 12.0. The highest BCUT2D eigenvalue weighted by atomic mass is 16.5. The van der Waals surface area contributed by atoms with Crippen LogP contribution < -0.4 is 10.6 Å². The summed E-state index contributed by atoms with van der Waals surface area (Å²) in [5.74, 6) is 10.6. The number of likely N-dealkylation sites (N-methyl/N-ethyl adjacent to an activating group) is 1. The molecule has 10 heteroatoms. The topological polar surface area (TPSA) is 151 Å². The second kappa shape index (κ2) is 22.6. The Kier molecular flexibility index (Phi) is 18.3. The molecular weight excluding hydrogens is 660 g/mol. The molecule has 4 atom stereocenters. The Hall–Kier alpha value is -6.04. The number of aliphatic hydroxyl groups excluding tert-OH is 2. The van der Waals surface area contributed by atoms with E-state index in [1.165, 1.54) is 28.1 Å². The van der Waals surface area contributed by atoms with Crippen molar-refractivity contribution in [1.82, 2.24) is 10.6 Å². The molecule has 1 amide bonds. The lowest BCUT2D eigenvalue weighted by atomic mass is 10.1. The molecule has 0 heterocycles. The highest BCUT2D eigenvalue weighted by molar-refractivity contribution is 5.97. The number of carbonyl (C=O) groups is 4. The van der Waals surface area contributed by atoms with Gasteiger partial charge in [0.1, 0.15) is 5.78 Å². The van der Waals surface area contributed by atoms with Crippen molar-refractivity contribution in [1.29, 1.82) is 0 Å². The second-order valence-electron chi connectivity index (χ2n) is 11.2. The lowest BCUT2D eigenvalue weighted by Crippen LogP contribution is -2.48. The number of ether oxygens (including phenoxy) is 2. The summed E-state index contributed by atoms with van der Waals surface area (Å²) in [6, 6.07) is 31.5. The molecule has 0 aliphatic heterocycles. The molecule has 10 nitrogen and oxygen atoms in total. The van der Waals surface area contributed by atoms with Crippen LogP contribution >= 0.6 is 0 Å². The third-order valence-corrected chi connectivity index (χ3v) is 7.16. The molecule has 0 bridgehead atoms. The molecule has 4 N–H and O–H groups in total. The summed E-state index contributed by atoms with van der Waals surface area (Å²) in [5, 5.41) is 23.7. The van der Waals surface area contributed by atoms with Crippen LogP contribution in [-0.2, 0) is 19.1 Å². The van der Waals surface area contributed by atoms with Crippen molar-refractivity contribution >= 4 is 23.6 Å². The summed E-state index contributed by atoms with van der Waals surface area (Å²) < 4.78 is 9.20. The zero-order valence-electron chi connectivity index (χ0n) is 30.0. The van der Waals surface area contributed by atoms with E-state index in [0.717, 1.165) is 22.3 Å². The van der Waals surface area contributed by atoms with Crippen LogP contribution in [0, 0.1) is 23.7 Å². The summed E-state index contributed by atoms with van der Waals surface area (Å²) in [4.78, 5) is 45.6. The number of Topliss-reactive ketones (excluding diaryl/α,β-unsaturated/α-hetero) is 1. The van der Waals surface area contributed by atoms with Gasteiger partial charge in [-0.15, -0.1) is 0 Å². The molecule has 0 aliphatic rings. The highest BCUT2D eigenvalue weighted by Gasteiger charge is 2.26. The van der Waals surface area contributed by atoms with Crippen LogP contribution in [0.15, 0.2) is 109 Å². The third-order valence-electron chi connectivity index (χ3n) is 7.16. The molecule has 0 aromatic heterocycles. The van der Waals surface area contributed by atoms with Crippen molar-refractivity contribution < 1.29 is 38.9 Å². The van der Waals surface area contributed by atoms with E-state index in [2.05, 4.69) is 43.8 Å². The number of carbonyl (C=O) groups excluding carboxylic acids is 4. The minimum atomic E-state index is -1.12. The van der Waals surface area contributed by atoms with Crippen molar-refractivity contribution in [3.05, 3.63) is 143 Å². The van der Waals surface area contributed by atoms with Crippen molar-refractivity contribution in [2.75, 3.05) is 21.3 Å². The average Bonchev–Trinajstić information content (AvgIpc) is 3.16. The zero-order valence-corrected chi connectivity index (χ0v) is 30.0. The summed E-state index contributed by atoms with van der Waals surface area (Å²) in [7, 11) is 4.22. The number of rotatable bonds is 8. The Bertz CT molecular complexity index is 1850. The van der Waals surface area contributed by atoms with Crippen LogP contribution in [-0.4, -0.2) is 79.4 Å². The third kappa shape index (κ3) is 14.8. The van der Waals surface area contributed by atoms with Gasteiger partial charge in [-0.2, -0.15) is 0 Å². The monoisotopic (exact) mass is 704 g/mol. The van der Waals surface area contributed by atoms with Crippen molar-refractivity contribution in [3.63, 3.8) is 0 Å². The molecule has 0 spiro atoms. The smallest absolute Gasteiger partial charge is 0.337 e. The molecule has 0 radical (unpaired) electrons. The van der Waals surface area contributed by atoms with Crippen LogP contribution in [0.1, 0.15) is 63.7 Å². The molecular formula is C42H44N2O8. The van der Waals surface area contributed by atoms with Crippen molar-refractivity contribution in [2.24, 2.45) is 0 Å². The van der Waals surface area contributed by atoms with Gasteiger partial charge in [-0.25, -0.2) is 9.59 Å². The van der Waals surface area contributed by atoms with E-state index < -0.39 is 36.2 Å². The quantitative estimate of drug-likeness (QED) is 0.157. The fourth-order valence-electron chi connectivity index (χ4n) is 4.36. The van der Waals surface area contributed by atoms with Gasteiger partial charge in [0.2, 0.25) is 0 Å². The molecule has 52 heavy (non-hydrogen) atoms. The maximum Gasteiger partial charge on any atom is 0.337 e. The summed E-state index contributed by atoms with van der Waals surface area (Å²) in [6.45, 7) is 4.45. The Morgan fingerprint density at radius 3 is 1.27 bits per heavy atom. The van der Waals surface area contributed by atoms with Gasteiger partial charge >= 0.3 is 11.9 Å². The Morgan fingerprint density at radius 2 is 0.962 bits per heavy atom. The van der Waals surface area contributed by atoms with Crippen molar-refractivity contribution in [2.45, 2.75) is 45.1 Å². The molecule has 270 valence electrons. The zero-order chi connectivity index (χ0) is 38.5. The van der Waals surface area contributed by atoms with Crippen LogP contribution in [0.25, 0.3) is 0 Å². The number of amides is 1. The van der Waals surface area contributed by atoms with Crippen LogP contribution in [0.3, 0.4) is 0 Å². The SMILES string of the molecule is CN[C@H](C(C)=O)[C@@H](C)O.COC(=O)[C@@H](NC(=O)c1ccc(C#Cc2ccccc2)cc1)[C@@H](C)O.COC(=O)c1ccc(C#Cc2ccccc2)cc1. The molecule has 0 saturated carbocycles. The first kappa shape index (κ1) is 42.1. The predicted octanol–water partition coefficient (Wildman–Crippen LogP) is 4.16. The number of methoxy groups -OCH3 is 2. The van der Waals surface area contributed by atoms with E-state index >= 15 is 0 Å². The number of aliphatic hydroxyl groups is 2. The van der Waals surface area contributed by atoms with E-state index in [1.807, 2.05) is 72.8 Å².